The van der Waals surface area contributed by atoms with Crippen molar-refractivity contribution in [2.75, 3.05) is 23.3 Å². The van der Waals surface area contributed by atoms with Crippen LogP contribution in [0.5, 0.6) is 0 Å². The first-order valence-electron chi connectivity index (χ1n) is 11.5. The van der Waals surface area contributed by atoms with Crippen LogP contribution in [0, 0.1) is 23.2 Å². The van der Waals surface area contributed by atoms with E-state index in [1.165, 1.54) is 63.5 Å². The lowest BCUT2D eigenvalue weighted by Crippen LogP contribution is -2.48. The molecule has 0 aromatic heterocycles. The van der Waals surface area contributed by atoms with E-state index >= 15 is 0 Å². The summed E-state index contributed by atoms with van der Waals surface area (Å²) in [5, 5.41) is 6.57. The van der Waals surface area contributed by atoms with Gasteiger partial charge in [0, 0.05) is 30.9 Å². The molecule has 1 aliphatic heterocycles. The zero-order chi connectivity index (χ0) is 19.8. The summed E-state index contributed by atoms with van der Waals surface area (Å²) in [6.07, 6.45) is 12.5. The summed E-state index contributed by atoms with van der Waals surface area (Å²) in [7, 11) is 0. The number of hydrogen-bond donors (Lipinski definition) is 2. The number of nitrogens with zero attached hydrogens (tertiary/aromatic N) is 1. The highest BCUT2D eigenvalue weighted by molar-refractivity contribution is 7.80. The van der Waals surface area contributed by atoms with E-state index in [-0.39, 0.29) is 11.3 Å². The number of thiocarbonyl (C=S) groups is 1. The molecule has 0 spiro atoms. The van der Waals surface area contributed by atoms with Crippen molar-refractivity contribution in [3.63, 3.8) is 0 Å². The van der Waals surface area contributed by atoms with Crippen molar-refractivity contribution in [3.8, 4) is 0 Å². The monoisotopic (exact) mass is 411 g/mol. The molecule has 1 aromatic carbocycles. The summed E-state index contributed by atoms with van der Waals surface area (Å²) in [6.45, 7) is 2.29. The van der Waals surface area contributed by atoms with E-state index in [1.54, 1.807) is 0 Å². The van der Waals surface area contributed by atoms with Gasteiger partial charge in [0.25, 0.3) is 0 Å². The van der Waals surface area contributed by atoms with E-state index < -0.39 is 0 Å². The lowest BCUT2D eigenvalue weighted by Gasteiger charge is -2.56. The second-order valence-electron chi connectivity index (χ2n) is 10.2. The van der Waals surface area contributed by atoms with E-state index in [0.29, 0.717) is 11.5 Å². The van der Waals surface area contributed by atoms with Gasteiger partial charge >= 0.3 is 0 Å². The van der Waals surface area contributed by atoms with E-state index in [2.05, 4.69) is 39.8 Å². The van der Waals surface area contributed by atoms with Gasteiger partial charge in [-0.1, -0.05) is 0 Å². The van der Waals surface area contributed by atoms with Crippen molar-refractivity contribution >= 4 is 34.6 Å². The standard InChI is InChI=1S/C24H33N3OS/c28-22(16-24-13-17-10-18(14-24)12-19(11-17)15-24)26-23(29)25-20-4-6-21(7-5-20)27-8-2-1-3-9-27/h4-7,17-19H,1-3,8-16H2,(H2,25,26,28,29). The number of piperidine rings is 1. The summed E-state index contributed by atoms with van der Waals surface area (Å²) in [5.74, 6) is 2.71. The summed E-state index contributed by atoms with van der Waals surface area (Å²) in [4.78, 5) is 15.2. The number of hydrogen-bond acceptors (Lipinski definition) is 3. The molecule has 2 N–H and O–H groups in total. The van der Waals surface area contributed by atoms with E-state index in [1.807, 2.05) is 0 Å². The minimum Gasteiger partial charge on any atom is -0.372 e. The summed E-state index contributed by atoms with van der Waals surface area (Å²) in [6, 6.07) is 8.41. The van der Waals surface area contributed by atoms with Gasteiger partial charge in [-0.25, -0.2) is 0 Å². The van der Waals surface area contributed by atoms with Gasteiger partial charge in [-0.2, -0.15) is 0 Å². The van der Waals surface area contributed by atoms with Crippen molar-refractivity contribution in [1.29, 1.82) is 0 Å². The molecule has 1 amide bonds. The third-order valence-corrected chi connectivity index (χ3v) is 8.00. The van der Waals surface area contributed by atoms with Gasteiger partial charge in [-0.05, 0) is 117 Å². The highest BCUT2D eigenvalue weighted by Crippen LogP contribution is 2.61. The molecule has 5 heteroatoms. The quantitative estimate of drug-likeness (QED) is 0.677. The predicted octanol–water partition coefficient (Wildman–Crippen LogP) is 5.10. The van der Waals surface area contributed by atoms with Crippen LogP contribution in [0.15, 0.2) is 24.3 Å². The molecule has 1 aromatic rings. The number of carbonyl (C=O) groups is 1. The Morgan fingerprint density at radius 1 is 0.966 bits per heavy atom. The highest BCUT2D eigenvalue weighted by atomic mass is 32.1. The maximum atomic E-state index is 12.7. The van der Waals surface area contributed by atoms with E-state index in [4.69, 9.17) is 12.2 Å². The van der Waals surface area contributed by atoms with E-state index in [9.17, 15) is 4.79 Å². The molecule has 156 valence electrons. The second kappa shape index (κ2) is 7.90. The van der Waals surface area contributed by atoms with Crippen LogP contribution in [0.2, 0.25) is 0 Å². The van der Waals surface area contributed by atoms with Crippen LogP contribution in [0.1, 0.15) is 64.2 Å². The molecular weight excluding hydrogens is 378 g/mol. The first kappa shape index (κ1) is 19.3. The minimum absolute atomic E-state index is 0.0920. The lowest BCUT2D eigenvalue weighted by atomic mass is 9.49. The van der Waals surface area contributed by atoms with Gasteiger partial charge in [-0.3, -0.25) is 4.79 Å². The van der Waals surface area contributed by atoms with Crippen LogP contribution in [0.4, 0.5) is 11.4 Å². The second-order valence-corrected chi connectivity index (χ2v) is 10.6. The Balaban J connectivity index is 1.13. The minimum atomic E-state index is 0.0920. The number of benzene rings is 1. The maximum Gasteiger partial charge on any atom is 0.226 e. The Morgan fingerprint density at radius 2 is 1.55 bits per heavy atom. The number of rotatable bonds is 4. The Bertz CT molecular complexity index is 734. The summed E-state index contributed by atoms with van der Waals surface area (Å²) in [5.41, 5.74) is 2.46. The largest absolute Gasteiger partial charge is 0.372 e. The Labute approximate surface area is 179 Å². The van der Waals surface area contributed by atoms with Crippen molar-refractivity contribution in [3.05, 3.63) is 24.3 Å². The van der Waals surface area contributed by atoms with Crippen LogP contribution in [-0.4, -0.2) is 24.1 Å². The van der Waals surface area contributed by atoms with Crippen molar-refractivity contribution in [1.82, 2.24) is 5.32 Å². The molecule has 0 radical (unpaired) electrons. The Kier molecular flexibility index (Phi) is 5.27. The lowest BCUT2D eigenvalue weighted by molar-refractivity contribution is -0.127. The third-order valence-electron chi connectivity index (χ3n) is 7.80. The number of carbonyl (C=O) groups excluding carboxylic acids is 1. The molecular formula is C24H33N3OS. The maximum absolute atomic E-state index is 12.7. The molecule has 29 heavy (non-hydrogen) atoms. The number of amides is 1. The fourth-order valence-electron chi connectivity index (χ4n) is 7.09. The number of nitrogens with one attached hydrogen (secondary N) is 2. The molecule has 0 unspecified atom stereocenters. The average molecular weight is 412 g/mol. The average Bonchev–Trinajstić information content (AvgIpc) is 2.67. The van der Waals surface area contributed by atoms with Crippen LogP contribution < -0.4 is 15.5 Å². The molecule has 4 nitrogen and oxygen atoms in total. The Morgan fingerprint density at radius 3 is 2.14 bits per heavy atom. The smallest absolute Gasteiger partial charge is 0.226 e. The number of anilines is 2. The topological polar surface area (TPSA) is 44.4 Å². The molecule has 1 saturated heterocycles. The van der Waals surface area contributed by atoms with Crippen LogP contribution in [-0.2, 0) is 4.79 Å². The predicted molar refractivity (Wildman–Crippen MR) is 122 cm³/mol. The normalized spacial score (nSPS) is 32.8. The summed E-state index contributed by atoms with van der Waals surface area (Å²) < 4.78 is 0. The molecule has 5 aliphatic rings. The van der Waals surface area contributed by atoms with Crippen LogP contribution in [0.3, 0.4) is 0 Å². The SMILES string of the molecule is O=C(CC12CC3CC(CC(C3)C1)C2)NC(=S)Nc1ccc(N2CCCCC2)cc1. The zero-order valence-electron chi connectivity index (χ0n) is 17.3. The molecule has 6 rings (SSSR count). The van der Waals surface area contributed by atoms with Gasteiger partial charge in [0.1, 0.15) is 0 Å². The molecule has 0 atom stereocenters. The van der Waals surface area contributed by atoms with Crippen LogP contribution >= 0.6 is 12.2 Å². The zero-order valence-corrected chi connectivity index (χ0v) is 18.1. The molecule has 4 aliphatic carbocycles. The van der Waals surface area contributed by atoms with Crippen molar-refractivity contribution < 1.29 is 4.79 Å². The molecule has 4 bridgehead atoms. The van der Waals surface area contributed by atoms with E-state index in [0.717, 1.165) is 36.5 Å². The van der Waals surface area contributed by atoms with Gasteiger partial charge in [0.2, 0.25) is 5.91 Å². The first-order valence-corrected chi connectivity index (χ1v) is 11.9. The Hall–Kier alpha value is -1.62. The van der Waals surface area contributed by atoms with Crippen LogP contribution in [0.25, 0.3) is 0 Å². The third kappa shape index (κ3) is 4.30. The van der Waals surface area contributed by atoms with Crippen molar-refractivity contribution in [2.45, 2.75) is 64.2 Å². The molecule has 1 heterocycles. The fraction of sp³-hybridized carbons (Fsp3) is 0.667. The van der Waals surface area contributed by atoms with Gasteiger partial charge < -0.3 is 15.5 Å². The van der Waals surface area contributed by atoms with Crippen molar-refractivity contribution in [2.24, 2.45) is 23.2 Å². The van der Waals surface area contributed by atoms with Gasteiger partial charge in [-0.15, -0.1) is 0 Å². The van der Waals surface area contributed by atoms with Gasteiger partial charge in [0.15, 0.2) is 5.11 Å². The summed E-state index contributed by atoms with van der Waals surface area (Å²) >= 11 is 5.43. The fourth-order valence-corrected chi connectivity index (χ4v) is 7.32. The molecule has 4 saturated carbocycles. The first-order chi connectivity index (χ1) is 14.1. The molecule has 5 fully saturated rings. The van der Waals surface area contributed by atoms with Gasteiger partial charge in [0.05, 0.1) is 0 Å². The highest BCUT2D eigenvalue weighted by Gasteiger charge is 2.51.